The van der Waals surface area contributed by atoms with Gasteiger partial charge in [0.1, 0.15) is 6.33 Å². The van der Waals surface area contributed by atoms with Crippen molar-refractivity contribution in [1.29, 1.82) is 0 Å². The van der Waals surface area contributed by atoms with Crippen LogP contribution in [0.4, 0.5) is 0 Å². The first kappa shape index (κ1) is 11.0. The highest BCUT2D eigenvalue weighted by atomic mass is 16.3. The van der Waals surface area contributed by atoms with Gasteiger partial charge in [0.25, 0.3) is 5.91 Å². The fraction of sp³-hybridized carbons (Fsp3) is 0.667. The zero-order valence-corrected chi connectivity index (χ0v) is 8.96. The van der Waals surface area contributed by atoms with Gasteiger partial charge in [0.2, 0.25) is 5.82 Å². The average Bonchev–Trinajstić information content (AvgIpc) is 2.83. The summed E-state index contributed by atoms with van der Waals surface area (Å²) in [4.78, 5) is 19.6. The van der Waals surface area contributed by atoms with E-state index in [1.54, 1.807) is 4.90 Å². The summed E-state index contributed by atoms with van der Waals surface area (Å²) >= 11 is 0. The number of β-amino-alcohol motifs (C(OH)–C–C–N with tert-alkyl or cyclic N) is 1. The summed E-state index contributed by atoms with van der Waals surface area (Å²) in [6.45, 7) is 3.75. The fourth-order valence-electron chi connectivity index (χ4n) is 1.77. The Labute approximate surface area is 93.1 Å². The second-order valence-corrected chi connectivity index (χ2v) is 3.69. The molecule has 1 aliphatic rings. The monoisotopic (exact) mass is 225 g/mol. The molecule has 1 amide bonds. The van der Waals surface area contributed by atoms with Crippen molar-refractivity contribution in [3.63, 3.8) is 0 Å². The van der Waals surface area contributed by atoms with E-state index in [1.807, 2.05) is 0 Å². The summed E-state index contributed by atoms with van der Waals surface area (Å²) in [6.07, 6.45) is 1.33. The van der Waals surface area contributed by atoms with E-state index in [2.05, 4.69) is 20.1 Å². The normalized spacial score (nSPS) is 17.7. The van der Waals surface area contributed by atoms with E-state index in [9.17, 15) is 4.79 Å². The lowest BCUT2D eigenvalue weighted by Gasteiger charge is -2.33. The van der Waals surface area contributed by atoms with Gasteiger partial charge in [0.05, 0.1) is 6.61 Å². The third-order valence-electron chi connectivity index (χ3n) is 2.69. The maximum absolute atomic E-state index is 11.8. The van der Waals surface area contributed by atoms with Crippen LogP contribution >= 0.6 is 0 Å². The smallest absolute Gasteiger partial charge is 0.291 e. The molecule has 0 bridgehead atoms. The molecule has 0 aromatic carbocycles. The zero-order chi connectivity index (χ0) is 11.4. The Morgan fingerprint density at radius 2 is 2.19 bits per heavy atom. The number of aromatic amines is 1. The van der Waals surface area contributed by atoms with Gasteiger partial charge in [-0.25, -0.2) is 4.98 Å². The second-order valence-electron chi connectivity index (χ2n) is 3.69. The van der Waals surface area contributed by atoms with E-state index in [-0.39, 0.29) is 18.3 Å². The molecule has 1 aliphatic heterocycles. The minimum atomic E-state index is -0.110. The number of piperazine rings is 1. The lowest BCUT2D eigenvalue weighted by Crippen LogP contribution is -2.49. The quantitative estimate of drug-likeness (QED) is 0.657. The van der Waals surface area contributed by atoms with E-state index < -0.39 is 0 Å². The molecular formula is C9H15N5O2. The molecule has 0 unspecified atom stereocenters. The first-order valence-corrected chi connectivity index (χ1v) is 5.29. The fourth-order valence-corrected chi connectivity index (χ4v) is 1.77. The topological polar surface area (TPSA) is 85.4 Å². The Bertz CT molecular complexity index is 332. The predicted molar refractivity (Wildman–Crippen MR) is 55.8 cm³/mol. The summed E-state index contributed by atoms with van der Waals surface area (Å²) < 4.78 is 0. The summed E-state index contributed by atoms with van der Waals surface area (Å²) in [5.41, 5.74) is 0. The van der Waals surface area contributed by atoms with Crippen molar-refractivity contribution in [2.45, 2.75) is 0 Å². The standard InChI is InChI=1S/C9H15N5O2/c15-6-5-13-1-3-14(4-2-13)9(16)8-10-7-11-12-8/h7,15H,1-6H2,(H,10,11,12). The summed E-state index contributed by atoms with van der Waals surface area (Å²) in [6, 6.07) is 0. The molecule has 1 aromatic rings. The van der Waals surface area contributed by atoms with Crippen molar-refractivity contribution >= 4 is 5.91 Å². The molecule has 0 spiro atoms. The second kappa shape index (κ2) is 5.04. The van der Waals surface area contributed by atoms with Gasteiger partial charge < -0.3 is 10.0 Å². The van der Waals surface area contributed by atoms with Gasteiger partial charge in [-0.05, 0) is 0 Å². The minimum absolute atomic E-state index is 0.110. The number of nitrogens with zero attached hydrogens (tertiary/aromatic N) is 4. The lowest BCUT2D eigenvalue weighted by molar-refractivity contribution is 0.0604. The number of rotatable bonds is 3. The Morgan fingerprint density at radius 1 is 1.44 bits per heavy atom. The molecule has 1 fully saturated rings. The molecule has 2 rings (SSSR count). The molecule has 0 radical (unpaired) electrons. The molecule has 88 valence electrons. The van der Waals surface area contributed by atoms with Crippen LogP contribution in [-0.2, 0) is 0 Å². The van der Waals surface area contributed by atoms with Crippen LogP contribution in [0, 0.1) is 0 Å². The Balaban J connectivity index is 1.87. The molecule has 16 heavy (non-hydrogen) atoms. The van der Waals surface area contributed by atoms with Crippen LogP contribution in [0.1, 0.15) is 10.6 Å². The molecule has 0 atom stereocenters. The third kappa shape index (κ3) is 2.37. The van der Waals surface area contributed by atoms with Crippen LogP contribution in [0.2, 0.25) is 0 Å². The number of aromatic nitrogens is 3. The van der Waals surface area contributed by atoms with Gasteiger partial charge in [-0.15, -0.1) is 0 Å². The van der Waals surface area contributed by atoms with Crippen molar-refractivity contribution in [3.05, 3.63) is 12.2 Å². The van der Waals surface area contributed by atoms with Crippen molar-refractivity contribution in [1.82, 2.24) is 25.0 Å². The molecule has 7 heteroatoms. The van der Waals surface area contributed by atoms with Gasteiger partial charge in [-0.1, -0.05) is 0 Å². The van der Waals surface area contributed by atoms with Crippen LogP contribution in [0.3, 0.4) is 0 Å². The maximum atomic E-state index is 11.8. The molecule has 1 saturated heterocycles. The van der Waals surface area contributed by atoms with Gasteiger partial charge in [0.15, 0.2) is 0 Å². The average molecular weight is 225 g/mol. The van der Waals surface area contributed by atoms with E-state index in [1.165, 1.54) is 6.33 Å². The summed E-state index contributed by atoms with van der Waals surface area (Å²) in [7, 11) is 0. The summed E-state index contributed by atoms with van der Waals surface area (Å²) in [5, 5.41) is 15.0. The summed E-state index contributed by atoms with van der Waals surface area (Å²) in [5.74, 6) is 0.178. The van der Waals surface area contributed by atoms with E-state index in [0.29, 0.717) is 19.6 Å². The van der Waals surface area contributed by atoms with Crippen LogP contribution in [0.25, 0.3) is 0 Å². The number of hydrogen-bond donors (Lipinski definition) is 2. The van der Waals surface area contributed by atoms with E-state index in [4.69, 9.17) is 5.11 Å². The molecule has 1 aromatic heterocycles. The zero-order valence-electron chi connectivity index (χ0n) is 8.96. The van der Waals surface area contributed by atoms with Gasteiger partial charge in [0, 0.05) is 32.7 Å². The van der Waals surface area contributed by atoms with Crippen LogP contribution < -0.4 is 0 Å². The van der Waals surface area contributed by atoms with Gasteiger partial charge in [-0.3, -0.25) is 14.8 Å². The molecule has 2 N–H and O–H groups in total. The highest BCUT2D eigenvalue weighted by molar-refractivity contribution is 5.90. The number of carbonyl (C=O) groups is 1. The van der Waals surface area contributed by atoms with Crippen molar-refractivity contribution in [2.24, 2.45) is 0 Å². The number of amides is 1. The molecular weight excluding hydrogens is 210 g/mol. The lowest BCUT2D eigenvalue weighted by atomic mass is 10.3. The number of aliphatic hydroxyl groups is 1. The highest BCUT2D eigenvalue weighted by Crippen LogP contribution is 2.04. The predicted octanol–water partition coefficient (Wildman–Crippen LogP) is -1.45. The van der Waals surface area contributed by atoms with E-state index >= 15 is 0 Å². The Kier molecular flexibility index (Phi) is 3.47. The highest BCUT2D eigenvalue weighted by Gasteiger charge is 2.23. The maximum Gasteiger partial charge on any atom is 0.291 e. The van der Waals surface area contributed by atoms with Crippen LogP contribution in [0.15, 0.2) is 6.33 Å². The number of carbonyl (C=O) groups excluding carboxylic acids is 1. The first-order valence-electron chi connectivity index (χ1n) is 5.29. The van der Waals surface area contributed by atoms with Crippen LogP contribution in [0.5, 0.6) is 0 Å². The van der Waals surface area contributed by atoms with Gasteiger partial charge in [-0.2, -0.15) is 5.10 Å². The Hall–Kier alpha value is -1.47. The number of H-pyrrole nitrogens is 1. The largest absolute Gasteiger partial charge is 0.395 e. The Morgan fingerprint density at radius 3 is 2.75 bits per heavy atom. The third-order valence-corrected chi connectivity index (χ3v) is 2.69. The minimum Gasteiger partial charge on any atom is -0.395 e. The number of hydrogen-bond acceptors (Lipinski definition) is 5. The molecule has 0 saturated carbocycles. The molecule has 0 aliphatic carbocycles. The number of aliphatic hydroxyl groups excluding tert-OH is 1. The SMILES string of the molecule is O=C(c1ncn[nH]1)N1CCN(CCO)CC1. The van der Waals surface area contributed by atoms with Crippen molar-refractivity contribution < 1.29 is 9.90 Å². The van der Waals surface area contributed by atoms with Crippen molar-refractivity contribution in [3.8, 4) is 0 Å². The first-order chi connectivity index (χ1) is 7.81. The van der Waals surface area contributed by atoms with Crippen LogP contribution in [-0.4, -0.2) is 75.3 Å². The van der Waals surface area contributed by atoms with Gasteiger partial charge >= 0.3 is 0 Å². The number of nitrogens with one attached hydrogen (secondary N) is 1. The van der Waals surface area contributed by atoms with Crippen molar-refractivity contribution in [2.75, 3.05) is 39.3 Å². The molecule has 2 heterocycles. The van der Waals surface area contributed by atoms with E-state index in [0.717, 1.165) is 13.1 Å². The molecule has 7 nitrogen and oxygen atoms in total.